The number of hydrogen-bond donors (Lipinski definition) is 1. The lowest BCUT2D eigenvalue weighted by molar-refractivity contribution is 0.0236. The maximum Gasteiger partial charge on any atom is 0.214 e. The fourth-order valence-corrected chi connectivity index (χ4v) is 2.20. The fourth-order valence-electron chi connectivity index (χ4n) is 2.20. The SMILES string of the molecule is CCNCc1cc(CC)nc(OC2CCOCC2)c1. The quantitative estimate of drug-likeness (QED) is 0.856. The van der Waals surface area contributed by atoms with Crippen LogP contribution in [0, 0.1) is 0 Å². The fraction of sp³-hybridized carbons (Fsp3) is 0.667. The van der Waals surface area contributed by atoms with Crippen LogP contribution in [0.25, 0.3) is 0 Å². The molecule has 0 radical (unpaired) electrons. The molecule has 1 N–H and O–H groups in total. The summed E-state index contributed by atoms with van der Waals surface area (Å²) >= 11 is 0. The molecule has 1 fully saturated rings. The predicted molar refractivity (Wildman–Crippen MR) is 75.5 cm³/mol. The first-order valence-electron chi connectivity index (χ1n) is 7.26. The number of rotatable bonds is 6. The summed E-state index contributed by atoms with van der Waals surface area (Å²) in [5.41, 5.74) is 2.34. The number of ether oxygens (including phenoxy) is 2. The van der Waals surface area contributed by atoms with Crippen LogP contribution in [-0.4, -0.2) is 30.8 Å². The van der Waals surface area contributed by atoms with Crippen LogP contribution in [0.15, 0.2) is 12.1 Å². The minimum absolute atomic E-state index is 0.250. The summed E-state index contributed by atoms with van der Waals surface area (Å²) in [5, 5.41) is 3.34. The molecule has 2 heterocycles. The van der Waals surface area contributed by atoms with E-state index in [0.29, 0.717) is 0 Å². The smallest absolute Gasteiger partial charge is 0.214 e. The molecule has 0 atom stereocenters. The summed E-state index contributed by atoms with van der Waals surface area (Å²) in [4.78, 5) is 4.56. The summed E-state index contributed by atoms with van der Waals surface area (Å²) in [6.45, 7) is 7.67. The first-order chi connectivity index (χ1) is 9.31. The molecule has 1 aliphatic rings. The summed E-state index contributed by atoms with van der Waals surface area (Å²) in [7, 11) is 0. The second-order valence-corrected chi connectivity index (χ2v) is 4.87. The highest BCUT2D eigenvalue weighted by Crippen LogP contribution is 2.18. The van der Waals surface area contributed by atoms with Crippen molar-refractivity contribution in [2.45, 2.75) is 45.8 Å². The van der Waals surface area contributed by atoms with Gasteiger partial charge in [0.05, 0.1) is 13.2 Å². The zero-order valence-corrected chi connectivity index (χ0v) is 11.9. The van der Waals surface area contributed by atoms with Crippen LogP contribution in [0.3, 0.4) is 0 Å². The van der Waals surface area contributed by atoms with Gasteiger partial charge in [-0.1, -0.05) is 13.8 Å². The van der Waals surface area contributed by atoms with Crippen LogP contribution in [-0.2, 0) is 17.7 Å². The van der Waals surface area contributed by atoms with Crippen molar-refractivity contribution in [3.05, 3.63) is 23.4 Å². The molecule has 0 spiro atoms. The minimum atomic E-state index is 0.250. The standard InChI is InChI=1S/C15H24N2O2/c1-3-13-9-12(11-16-4-2)10-15(17-13)19-14-5-7-18-8-6-14/h9-10,14,16H,3-8,11H2,1-2H3. The molecule has 106 valence electrons. The van der Waals surface area contributed by atoms with Crippen LogP contribution >= 0.6 is 0 Å². The number of nitrogens with one attached hydrogen (secondary N) is 1. The number of nitrogens with zero attached hydrogens (tertiary/aromatic N) is 1. The van der Waals surface area contributed by atoms with Crippen LogP contribution in [0.4, 0.5) is 0 Å². The molecule has 0 amide bonds. The Morgan fingerprint density at radius 1 is 1.32 bits per heavy atom. The van der Waals surface area contributed by atoms with Crippen molar-refractivity contribution in [3.8, 4) is 5.88 Å². The van der Waals surface area contributed by atoms with E-state index in [1.807, 2.05) is 0 Å². The van der Waals surface area contributed by atoms with Gasteiger partial charge in [0.25, 0.3) is 0 Å². The van der Waals surface area contributed by atoms with Gasteiger partial charge in [-0.25, -0.2) is 4.98 Å². The average molecular weight is 264 g/mol. The molecule has 0 aliphatic carbocycles. The molecular weight excluding hydrogens is 240 g/mol. The Labute approximate surface area is 115 Å². The van der Waals surface area contributed by atoms with E-state index in [9.17, 15) is 0 Å². The van der Waals surface area contributed by atoms with Crippen molar-refractivity contribution < 1.29 is 9.47 Å². The molecule has 4 heteroatoms. The van der Waals surface area contributed by atoms with Gasteiger partial charge in [0, 0.05) is 31.1 Å². The van der Waals surface area contributed by atoms with E-state index >= 15 is 0 Å². The second-order valence-electron chi connectivity index (χ2n) is 4.87. The lowest BCUT2D eigenvalue weighted by Gasteiger charge is -2.23. The molecule has 0 saturated carbocycles. The van der Waals surface area contributed by atoms with E-state index in [1.54, 1.807) is 0 Å². The lowest BCUT2D eigenvalue weighted by atomic mass is 10.1. The van der Waals surface area contributed by atoms with Gasteiger partial charge in [-0.2, -0.15) is 0 Å². The Hall–Kier alpha value is -1.13. The summed E-state index contributed by atoms with van der Waals surface area (Å²) < 4.78 is 11.3. The number of aromatic nitrogens is 1. The van der Waals surface area contributed by atoms with Crippen LogP contribution in [0.1, 0.15) is 37.9 Å². The number of pyridine rings is 1. The van der Waals surface area contributed by atoms with Crippen LogP contribution < -0.4 is 10.1 Å². The van der Waals surface area contributed by atoms with Crippen molar-refractivity contribution in [1.82, 2.24) is 10.3 Å². The summed E-state index contributed by atoms with van der Waals surface area (Å²) in [6.07, 6.45) is 3.10. The van der Waals surface area contributed by atoms with Crippen molar-refractivity contribution >= 4 is 0 Å². The molecule has 0 aromatic carbocycles. The molecule has 4 nitrogen and oxygen atoms in total. The van der Waals surface area contributed by atoms with Crippen molar-refractivity contribution in [2.75, 3.05) is 19.8 Å². The molecule has 1 aromatic rings. The highest BCUT2D eigenvalue weighted by molar-refractivity contribution is 5.25. The summed E-state index contributed by atoms with van der Waals surface area (Å²) in [6, 6.07) is 4.21. The molecule has 0 unspecified atom stereocenters. The van der Waals surface area contributed by atoms with Gasteiger partial charge in [0.1, 0.15) is 6.10 Å². The van der Waals surface area contributed by atoms with E-state index in [-0.39, 0.29) is 6.10 Å². The maximum absolute atomic E-state index is 6.00. The Kier molecular flexibility index (Phi) is 5.61. The highest BCUT2D eigenvalue weighted by Gasteiger charge is 2.16. The lowest BCUT2D eigenvalue weighted by Crippen LogP contribution is -2.26. The van der Waals surface area contributed by atoms with Gasteiger partial charge in [0.2, 0.25) is 5.88 Å². The highest BCUT2D eigenvalue weighted by atomic mass is 16.5. The maximum atomic E-state index is 6.00. The van der Waals surface area contributed by atoms with E-state index in [0.717, 1.165) is 57.1 Å². The third-order valence-electron chi connectivity index (χ3n) is 3.31. The molecule has 1 aliphatic heterocycles. The van der Waals surface area contributed by atoms with E-state index in [2.05, 4.69) is 36.3 Å². The monoisotopic (exact) mass is 264 g/mol. The van der Waals surface area contributed by atoms with Gasteiger partial charge in [-0.15, -0.1) is 0 Å². The topological polar surface area (TPSA) is 43.4 Å². The Morgan fingerprint density at radius 3 is 2.79 bits per heavy atom. The zero-order chi connectivity index (χ0) is 13.5. The van der Waals surface area contributed by atoms with Gasteiger partial charge in [0.15, 0.2) is 0 Å². The average Bonchev–Trinajstić information content (AvgIpc) is 2.46. The van der Waals surface area contributed by atoms with E-state index in [1.165, 1.54) is 5.56 Å². The van der Waals surface area contributed by atoms with Gasteiger partial charge >= 0.3 is 0 Å². The van der Waals surface area contributed by atoms with Crippen LogP contribution in [0.5, 0.6) is 5.88 Å². The van der Waals surface area contributed by atoms with Crippen molar-refractivity contribution in [3.63, 3.8) is 0 Å². The Balaban J connectivity index is 2.04. The molecular formula is C15H24N2O2. The minimum Gasteiger partial charge on any atom is -0.474 e. The van der Waals surface area contributed by atoms with E-state index < -0.39 is 0 Å². The molecule has 0 bridgehead atoms. The molecule has 2 rings (SSSR count). The van der Waals surface area contributed by atoms with Crippen molar-refractivity contribution in [2.24, 2.45) is 0 Å². The third-order valence-corrected chi connectivity index (χ3v) is 3.31. The van der Waals surface area contributed by atoms with Gasteiger partial charge in [-0.3, -0.25) is 0 Å². The van der Waals surface area contributed by atoms with Gasteiger partial charge in [-0.05, 0) is 24.6 Å². The van der Waals surface area contributed by atoms with E-state index in [4.69, 9.17) is 9.47 Å². The van der Waals surface area contributed by atoms with Gasteiger partial charge < -0.3 is 14.8 Å². The zero-order valence-electron chi connectivity index (χ0n) is 11.9. The first-order valence-corrected chi connectivity index (χ1v) is 7.26. The number of hydrogen-bond acceptors (Lipinski definition) is 4. The first kappa shape index (κ1) is 14.3. The molecule has 1 aromatic heterocycles. The molecule has 1 saturated heterocycles. The third kappa shape index (κ3) is 4.48. The Morgan fingerprint density at radius 2 is 2.11 bits per heavy atom. The van der Waals surface area contributed by atoms with Crippen LogP contribution in [0.2, 0.25) is 0 Å². The van der Waals surface area contributed by atoms with Crippen molar-refractivity contribution in [1.29, 1.82) is 0 Å². The normalized spacial score (nSPS) is 16.5. The largest absolute Gasteiger partial charge is 0.474 e. The number of aryl methyl sites for hydroxylation is 1. The Bertz CT molecular complexity index is 390. The molecule has 19 heavy (non-hydrogen) atoms. The second kappa shape index (κ2) is 7.46. The predicted octanol–water partition coefficient (Wildman–Crippen LogP) is 2.31. The summed E-state index contributed by atoms with van der Waals surface area (Å²) in [5.74, 6) is 0.763.